The molecule has 0 saturated carbocycles. The summed E-state index contributed by atoms with van der Waals surface area (Å²) in [7, 11) is 0. The zero-order chi connectivity index (χ0) is 22.7. The highest BCUT2D eigenvalue weighted by Gasteiger charge is 2.30. The molecule has 0 aliphatic rings. The average Bonchev–Trinajstić information content (AvgIpc) is 3.11. The second-order valence-electron chi connectivity index (χ2n) is 7.00. The summed E-state index contributed by atoms with van der Waals surface area (Å²) in [5, 5.41) is 0. The lowest BCUT2D eigenvalue weighted by Crippen LogP contribution is -2.17. The van der Waals surface area contributed by atoms with Crippen LogP contribution in [0.2, 0.25) is 0 Å². The number of amides is 1. The summed E-state index contributed by atoms with van der Waals surface area (Å²) in [5.41, 5.74) is 8.73. The van der Waals surface area contributed by atoms with Crippen LogP contribution in [0.5, 0.6) is 11.5 Å². The van der Waals surface area contributed by atoms with Crippen LogP contribution in [0.15, 0.2) is 72.9 Å². The van der Waals surface area contributed by atoms with Gasteiger partial charge in [-0.15, -0.1) is 13.2 Å². The van der Waals surface area contributed by atoms with E-state index in [9.17, 15) is 18.0 Å². The van der Waals surface area contributed by atoms with E-state index < -0.39 is 12.3 Å². The van der Waals surface area contributed by atoms with Crippen molar-refractivity contribution in [3.05, 3.63) is 95.4 Å². The molecule has 1 amide bonds. The minimum atomic E-state index is -4.72. The molecule has 0 saturated heterocycles. The van der Waals surface area contributed by atoms with Gasteiger partial charge in [-0.1, -0.05) is 30.3 Å². The molecule has 2 N–H and O–H groups in total. The maximum Gasteiger partial charge on any atom is 0.573 e. The number of benzene rings is 2. The van der Waals surface area contributed by atoms with Crippen LogP contribution in [0.25, 0.3) is 5.65 Å². The fourth-order valence-electron chi connectivity index (χ4n) is 3.28. The summed E-state index contributed by atoms with van der Waals surface area (Å²) in [4.78, 5) is 16.4. The Balaban J connectivity index is 1.40. The number of nitrogens with two attached hydrogens (primary N) is 1. The van der Waals surface area contributed by atoms with Crippen molar-refractivity contribution in [3.8, 4) is 11.5 Å². The van der Waals surface area contributed by atoms with Crippen molar-refractivity contribution in [2.45, 2.75) is 19.4 Å². The topological polar surface area (TPSA) is 78.9 Å². The number of carbonyl (C=O) groups is 1. The predicted molar refractivity (Wildman–Crippen MR) is 110 cm³/mol. The van der Waals surface area contributed by atoms with E-state index in [1.54, 1.807) is 34.9 Å². The summed E-state index contributed by atoms with van der Waals surface area (Å²) in [6.07, 6.45) is -2.56. The molecule has 2 aromatic carbocycles. The fraction of sp³-hybridized carbons (Fsp3) is 0.130. The maximum atomic E-state index is 12.2. The molecular formula is C23H18F3N3O3. The lowest BCUT2D eigenvalue weighted by molar-refractivity contribution is -0.274. The molecule has 0 aliphatic heterocycles. The van der Waals surface area contributed by atoms with Gasteiger partial charge in [-0.2, -0.15) is 0 Å². The van der Waals surface area contributed by atoms with Gasteiger partial charge in [0, 0.05) is 12.6 Å². The number of imidazole rings is 1. The molecule has 0 spiro atoms. The van der Waals surface area contributed by atoms with Crippen molar-refractivity contribution in [3.63, 3.8) is 0 Å². The third-order valence-corrected chi connectivity index (χ3v) is 4.69. The normalized spacial score (nSPS) is 11.5. The molecule has 164 valence electrons. The second kappa shape index (κ2) is 8.62. The zero-order valence-corrected chi connectivity index (χ0v) is 16.7. The van der Waals surface area contributed by atoms with E-state index in [1.807, 2.05) is 18.2 Å². The predicted octanol–water partition coefficient (Wildman–Crippen LogP) is 4.50. The van der Waals surface area contributed by atoms with Crippen molar-refractivity contribution in [2.24, 2.45) is 5.73 Å². The first-order valence-corrected chi connectivity index (χ1v) is 9.61. The number of hydrogen-bond donors (Lipinski definition) is 1. The number of carbonyl (C=O) groups excluding carboxylic acids is 1. The third-order valence-electron chi connectivity index (χ3n) is 4.69. The molecule has 6 nitrogen and oxygen atoms in total. The Morgan fingerprint density at radius 3 is 2.25 bits per heavy atom. The largest absolute Gasteiger partial charge is 0.573 e. The third kappa shape index (κ3) is 5.00. The Morgan fingerprint density at radius 2 is 1.59 bits per heavy atom. The van der Waals surface area contributed by atoms with Gasteiger partial charge in [-0.25, -0.2) is 4.98 Å². The van der Waals surface area contributed by atoms with Gasteiger partial charge in [0.05, 0.1) is 5.69 Å². The number of nitrogens with zero attached hydrogens (tertiary/aromatic N) is 2. The molecule has 2 aromatic heterocycles. The Kier molecular flexibility index (Phi) is 5.72. The summed E-state index contributed by atoms with van der Waals surface area (Å²) in [5.74, 6) is -0.243. The summed E-state index contributed by atoms with van der Waals surface area (Å²) in [6, 6.07) is 18.2. The monoisotopic (exact) mass is 441 g/mol. The highest BCUT2D eigenvalue weighted by molar-refractivity contribution is 5.93. The smallest absolute Gasteiger partial charge is 0.489 e. The minimum Gasteiger partial charge on any atom is -0.489 e. The van der Waals surface area contributed by atoms with Crippen molar-refractivity contribution >= 4 is 11.6 Å². The SMILES string of the molecule is NC(=O)c1c(Cc2ccc(OCc3ccc(OC(F)(F)F)cc3)cc2)nc2ccccn12. The van der Waals surface area contributed by atoms with E-state index in [0.29, 0.717) is 34.8 Å². The minimum absolute atomic E-state index is 0.184. The number of alkyl halides is 3. The Labute approximate surface area is 181 Å². The number of fused-ring (bicyclic) bond motifs is 1. The summed E-state index contributed by atoms with van der Waals surface area (Å²) >= 11 is 0. The first-order valence-electron chi connectivity index (χ1n) is 9.61. The summed E-state index contributed by atoms with van der Waals surface area (Å²) < 4.78 is 47.9. The lowest BCUT2D eigenvalue weighted by atomic mass is 10.1. The molecule has 0 atom stereocenters. The number of pyridine rings is 1. The van der Waals surface area contributed by atoms with Crippen molar-refractivity contribution in [1.29, 1.82) is 0 Å². The summed E-state index contributed by atoms with van der Waals surface area (Å²) in [6.45, 7) is 0.184. The second-order valence-corrected chi connectivity index (χ2v) is 7.00. The first kappa shape index (κ1) is 21.2. The standard InChI is InChI=1S/C23H18F3N3O3/c24-23(25,26)32-18-10-6-16(7-11-18)14-31-17-8-4-15(5-9-17)13-19-21(22(27)30)29-12-2-1-3-20(29)28-19/h1-12H,13-14H2,(H2,27,30). The Morgan fingerprint density at radius 1 is 0.938 bits per heavy atom. The number of hydrogen-bond acceptors (Lipinski definition) is 4. The van der Waals surface area contributed by atoms with E-state index >= 15 is 0 Å². The van der Waals surface area contributed by atoms with Crippen LogP contribution in [0.3, 0.4) is 0 Å². The van der Waals surface area contributed by atoms with Gasteiger partial charge in [-0.3, -0.25) is 9.20 Å². The highest BCUT2D eigenvalue weighted by atomic mass is 19.4. The molecule has 0 fully saturated rings. The quantitative estimate of drug-likeness (QED) is 0.458. The Hall–Kier alpha value is -4.01. The molecule has 0 radical (unpaired) electrons. The van der Waals surface area contributed by atoms with Crippen LogP contribution in [-0.4, -0.2) is 21.7 Å². The van der Waals surface area contributed by atoms with Gasteiger partial charge < -0.3 is 15.2 Å². The van der Waals surface area contributed by atoms with Crippen LogP contribution in [-0.2, 0) is 13.0 Å². The molecule has 0 bridgehead atoms. The number of primary amides is 1. The van der Waals surface area contributed by atoms with E-state index in [0.717, 1.165) is 5.56 Å². The van der Waals surface area contributed by atoms with Gasteiger partial charge in [0.25, 0.3) is 5.91 Å². The zero-order valence-electron chi connectivity index (χ0n) is 16.7. The van der Waals surface area contributed by atoms with Gasteiger partial charge >= 0.3 is 6.36 Å². The Bertz CT molecular complexity index is 1230. The van der Waals surface area contributed by atoms with E-state index in [4.69, 9.17) is 10.5 Å². The van der Waals surface area contributed by atoms with E-state index in [1.165, 1.54) is 24.3 Å². The molecule has 0 unspecified atom stereocenters. The number of rotatable bonds is 7. The number of halogens is 3. The van der Waals surface area contributed by atoms with Crippen LogP contribution in [0, 0.1) is 0 Å². The van der Waals surface area contributed by atoms with E-state index in [2.05, 4.69) is 9.72 Å². The van der Waals surface area contributed by atoms with Crippen molar-refractivity contribution < 1.29 is 27.4 Å². The maximum absolute atomic E-state index is 12.2. The van der Waals surface area contributed by atoms with Crippen LogP contribution < -0.4 is 15.2 Å². The molecule has 0 aliphatic carbocycles. The average molecular weight is 441 g/mol. The fourth-order valence-corrected chi connectivity index (χ4v) is 3.28. The molecule has 9 heteroatoms. The highest BCUT2D eigenvalue weighted by Crippen LogP contribution is 2.24. The van der Waals surface area contributed by atoms with Crippen molar-refractivity contribution in [1.82, 2.24) is 9.38 Å². The molecule has 4 rings (SSSR count). The van der Waals surface area contributed by atoms with Gasteiger partial charge in [0.1, 0.15) is 29.4 Å². The first-order chi connectivity index (χ1) is 15.3. The van der Waals surface area contributed by atoms with Gasteiger partial charge in [-0.05, 0) is 47.5 Å². The van der Waals surface area contributed by atoms with Crippen molar-refractivity contribution in [2.75, 3.05) is 0 Å². The van der Waals surface area contributed by atoms with Crippen LogP contribution >= 0.6 is 0 Å². The van der Waals surface area contributed by atoms with Crippen LogP contribution in [0.1, 0.15) is 27.3 Å². The molecule has 32 heavy (non-hydrogen) atoms. The molecule has 2 heterocycles. The number of ether oxygens (including phenoxy) is 2. The van der Waals surface area contributed by atoms with Crippen LogP contribution in [0.4, 0.5) is 13.2 Å². The van der Waals surface area contributed by atoms with E-state index in [-0.39, 0.29) is 12.4 Å². The van der Waals surface area contributed by atoms with Gasteiger partial charge in [0.15, 0.2) is 0 Å². The van der Waals surface area contributed by atoms with Gasteiger partial charge in [0.2, 0.25) is 0 Å². The lowest BCUT2D eigenvalue weighted by Gasteiger charge is -2.10. The number of aromatic nitrogens is 2. The molecule has 4 aromatic rings. The molecular weight excluding hydrogens is 423 g/mol.